The maximum Gasteiger partial charge on any atom is 0.239 e. The monoisotopic (exact) mass is 272 g/mol. The number of hydrogen-bond donors (Lipinski definition) is 1. The second-order valence-electron chi connectivity index (χ2n) is 6.06. The Kier molecular flexibility index (Phi) is 4.24. The van der Waals surface area contributed by atoms with Gasteiger partial charge in [-0.25, -0.2) is 0 Å². The fourth-order valence-corrected chi connectivity index (χ4v) is 3.47. The first-order valence-corrected chi connectivity index (χ1v) is 7.95. The average Bonchev–Trinajstić information content (AvgIpc) is 2.48. The summed E-state index contributed by atoms with van der Waals surface area (Å²) in [6.07, 6.45) is 8.44. The van der Waals surface area contributed by atoms with Crippen LogP contribution in [0, 0.1) is 0 Å². The van der Waals surface area contributed by atoms with E-state index in [0.29, 0.717) is 12.6 Å². The number of anilines is 1. The molecule has 1 saturated carbocycles. The molecule has 1 fully saturated rings. The third-order valence-electron chi connectivity index (χ3n) is 4.51. The molecule has 3 rings (SSSR count). The minimum Gasteiger partial charge on any atom is -0.362 e. The molecular formula is C17H24N2O. The van der Waals surface area contributed by atoms with E-state index < -0.39 is 0 Å². The summed E-state index contributed by atoms with van der Waals surface area (Å²) in [5.41, 5.74) is 2.63. The highest BCUT2D eigenvalue weighted by atomic mass is 16.2. The van der Waals surface area contributed by atoms with Crippen LogP contribution in [0.25, 0.3) is 0 Å². The van der Waals surface area contributed by atoms with Crippen LogP contribution in [-0.4, -0.2) is 25.0 Å². The van der Waals surface area contributed by atoms with Gasteiger partial charge in [0, 0.05) is 18.3 Å². The van der Waals surface area contributed by atoms with Gasteiger partial charge in [0.05, 0.1) is 6.54 Å². The van der Waals surface area contributed by atoms with Crippen LogP contribution < -0.4 is 10.2 Å². The molecule has 0 spiro atoms. The molecule has 1 aromatic carbocycles. The molecular weight excluding hydrogens is 248 g/mol. The molecule has 1 N–H and O–H groups in total. The number of rotatable bonds is 3. The van der Waals surface area contributed by atoms with E-state index in [1.54, 1.807) is 0 Å². The summed E-state index contributed by atoms with van der Waals surface area (Å²) in [4.78, 5) is 14.5. The molecule has 0 bridgehead atoms. The third kappa shape index (κ3) is 3.14. The van der Waals surface area contributed by atoms with E-state index in [-0.39, 0.29) is 5.91 Å². The topological polar surface area (TPSA) is 32.3 Å². The van der Waals surface area contributed by atoms with Gasteiger partial charge in [-0.05, 0) is 37.3 Å². The van der Waals surface area contributed by atoms with E-state index in [1.807, 2.05) is 0 Å². The number of benzene rings is 1. The van der Waals surface area contributed by atoms with Crippen molar-refractivity contribution in [1.29, 1.82) is 0 Å². The molecule has 1 aliphatic heterocycles. The Labute approximate surface area is 121 Å². The lowest BCUT2D eigenvalue weighted by molar-refractivity contribution is -0.120. The summed E-state index contributed by atoms with van der Waals surface area (Å²) in [6, 6.07) is 8.89. The molecule has 0 aromatic heterocycles. The van der Waals surface area contributed by atoms with Crippen LogP contribution in [0.1, 0.15) is 44.1 Å². The van der Waals surface area contributed by atoms with Crippen molar-refractivity contribution in [2.75, 3.05) is 18.0 Å². The van der Waals surface area contributed by atoms with Crippen LogP contribution in [0.4, 0.5) is 5.69 Å². The number of amides is 1. The summed E-state index contributed by atoms with van der Waals surface area (Å²) in [7, 11) is 0. The smallest absolute Gasteiger partial charge is 0.239 e. The van der Waals surface area contributed by atoms with Gasteiger partial charge in [0.25, 0.3) is 0 Å². The number of carbonyl (C=O) groups is 1. The molecule has 1 aromatic rings. The molecule has 3 heteroatoms. The molecule has 108 valence electrons. The lowest BCUT2D eigenvalue weighted by atomic mass is 9.95. The number of nitrogens with zero attached hydrogens (tertiary/aromatic N) is 1. The van der Waals surface area contributed by atoms with Crippen LogP contribution in [0.5, 0.6) is 0 Å². The highest BCUT2D eigenvalue weighted by Crippen LogP contribution is 2.26. The first-order valence-electron chi connectivity index (χ1n) is 7.95. The first-order chi connectivity index (χ1) is 9.83. The molecule has 3 nitrogen and oxygen atoms in total. The van der Waals surface area contributed by atoms with Crippen molar-refractivity contribution >= 4 is 11.6 Å². The first kappa shape index (κ1) is 13.5. The molecule has 0 radical (unpaired) electrons. The standard InChI is InChI=1S/C17H24N2O/c20-17(18-15-9-2-1-3-10-15)13-19-12-6-8-14-7-4-5-11-16(14)19/h4-5,7,11,15H,1-3,6,8-10,12-13H2,(H,18,20). The molecule has 0 unspecified atom stereocenters. The van der Waals surface area contributed by atoms with Gasteiger partial charge in [-0.1, -0.05) is 37.5 Å². The van der Waals surface area contributed by atoms with E-state index in [9.17, 15) is 4.79 Å². The number of aryl methyl sites for hydroxylation is 1. The summed E-state index contributed by atoms with van der Waals surface area (Å²) >= 11 is 0. The second-order valence-corrected chi connectivity index (χ2v) is 6.06. The van der Waals surface area contributed by atoms with Gasteiger partial charge in [0.2, 0.25) is 5.91 Å². The van der Waals surface area contributed by atoms with Crippen molar-refractivity contribution in [3.63, 3.8) is 0 Å². The quantitative estimate of drug-likeness (QED) is 0.917. The fourth-order valence-electron chi connectivity index (χ4n) is 3.47. The Hall–Kier alpha value is -1.51. The summed E-state index contributed by atoms with van der Waals surface area (Å²) in [5.74, 6) is 0.189. The molecule has 1 amide bonds. The van der Waals surface area contributed by atoms with Crippen molar-refractivity contribution < 1.29 is 4.79 Å². The maximum absolute atomic E-state index is 12.2. The Balaban J connectivity index is 1.59. The van der Waals surface area contributed by atoms with Gasteiger partial charge >= 0.3 is 0 Å². The zero-order valence-electron chi connectivity index (χ0n) is 12.1. The lowest BCUT2D eigenvalue weighted by Crippen LogP contribution is -2.44. The minimum atomic E-state index is 0.189. The Morgan fingerprint density at radius 3 is 2.80 bits per heavy atom. The predicted octanol–water partition coefficient (Wildman–Crippen LogP) is 2.89. The predicted molar refractivity (Wildman–Crippen MR) is 82.0 cm³/mol. The second kappa shape index (κ2) is 6.29. The lowest BCUT2D eigenvalue weighted by Gasteiger charge is -2.31. The van der Waals surface area contributed by atoms with Gasteiger partial charge in [0.15, 0.2) is 0 Å². The van der Waals surface area contributed by atoms with Crippen molar-refractivity contribution in [3.8, 4) is 0 Å². The SMILES string of the molecule is O=C(CN1CCCc2ccccc21)NC1CCCCC1. The fraction of sp³-hybridized carbons (Fsp3) is 0.588. The molecule has 1 aliphatic carbocycles. The zero-order chi connectivity index (χ0) is 13.8. The number of carbonyl (C=O) groups excluding carboxylic acids is 1. The van der Waals surface area contributed by atoms with E-state index in [1.165, 1.54) is 30.5 Å². The van der Waals surface area contributed by atoms with Crippen LogP contribution in [0.2, 0.25) is 0 Å². The van der Waals surface area contributed by atoms with Gasteiger partial charge < -0.3 is 10.2 Å². The van der Waals surface area contributed by atoms with Crippen LogP contribution in [-0.2, 0) is 11.2 Å². The minimum absolute atomic E-state index is 0.189. The number of para-hydroxylation sites is 1. The van der Waals surface area contributed by atoms with E-state index >= 15 is 0 Å². The van der Waals surface area contributed by atoms with E-state index in [2.05, 4.69) is 34.5 Å². The highest BCUT2D eigenvalue weighted by Gasteiger charge is 2.21. The highest BCUT2D eigenvalue weighted by molar-refractivity contribution is 5.82. The largest absolute Gasteiger partial charge is 0.362 e. The third-order valence-corrected chi connectivity index (χ3v) is 4.51. The van der Waals surface area contributed by atoms with Gasteiger partial charge in [-0.15, -0.1) is 0 Å². The maximum atomic E-state index is 12.2. The van der Waals surface area contributed by atoms with Crippen molar-refractivity contribution in [2.45, 2.75) is 51.0 Å². The molecule has 1 heterocycles. The van der Waals surface area contributed by atoms with Gasteiger partial charge in [0.1, 0.15) is 0 Å². The Bertz CT molecular complexity index is 466. The summed E-state index contributed by atoms with van der Waals surface area (Å²) < 4.78 is 0. The van der Waals surface area contributed by atoms with Crippen molar-refractivity contribution in [1.82, 2.24) is 5.32 Å². The van der Waals surface area contributed by atoms with Crippen molar-refractivity contribution in [2.24, 2.45) is 0 Å². The van der Waals surface area contributed by atoms with Crippen molar-refractivity contribution in [3.05, 3.63) is 29.8 Å². The van der Waals surface area contributed by atoms with Crippen LogP contribution in [0.15, 0.2) is 24.3 Å². The van der Waals surface area contributed by atoms with E-state index in [4.69, 9.17) is 0 Å². The molecule has 2 aliphatic rings. The molecule has 0 saturated heterocycles. The Morgan fingerprint density at radius 2 is 1.95 bits per heavy atom. The average molecular weight is 272 g/mol. The molecule has 20 heavy (non-hydrogen) atoms. The summed E-state index contributed by atoms with van der Waals surface area (Å²) in [5, 5.41) is 3.22. The molecule has 0 atom stereocenters. The van der Waals surface area contributed by atoms with Gasteiger partial charge in [-0.3, -0.25) is 4.79 Å². The number of fused-ring (bicyclic) bond motifs is 1. The normalized spacial score (nSPS) is 19.5. The van der Waals surface area contributed by atoms with Gasteiger partial charge in [-0.2, -0.15) is 0 Å². The van der Waals surface area contributed by atoms with Crippen LogP contribution in [0.3, 0.4) is 0 Å². The van der Waals surface area contributed by atoms with E-state index in [0.717, 1.165) is 32.2 Å². The summed E-state index contributed by atoms with van der Waals surface area (Å²) in [6.45, 7) is 1.50. The number of nitrogens with one attached hydrogen (secondary N) is 1. The zero-order valence-corrected chi connectivity index (χ0v) is 12.1. The number of hydrogen-bond acceptors (Lipinski definition) is 2. The Morgan fingerprint density at radius 1 is 1.15 bits per heavy atom. The van der Waals surface area contributed by atoms with Crippen LogP contribution >= 0.6 is 0 Å².